The molecule has 4 saturated carbocycles. The van der Waals surface area contributed by atoms with Crippen molar-refractivity contribution in [2.75, 3.05) is 46.2 Å². The highest BCUT2D eigenvalue weighted by molar-refractivity contribution is 5.77. The molecule has 11 aliphatic rings. The van der Waals surface area contributed by atoms with Crippen LogP contribution in [0.2, 0.25) is 0 Å². The average molecular weight is 1440 g/mol. The summed E-state index contributed by atoms with van der Waals surface area (Å²) < 4.78 is 85.0. The zero-order valence-corrected chi connectivity index (χ0v) is 54.5. The minimum absolute atomic E-state index is 0.179. The number of fused-ring (bicyclic) bond motifs is 3. The number of aliphatic hydroxyl groups excluding tert-OH is 22. The molecular formula is C62H100O37. The molecule has 0 aromatic carbocycles. The predicted octanol–water partition coefficient (Wildman–Crippen LogP) is -10.6. The van der Waals surface area contributed by atoms with Crippen LogP contribution in [0.5, 0.6) is 0 Å². The van der Waals surface area contributed by atoms with E-state index >= 15 is 4.79 Å². The van der Waals surface area contributed by atoms with Crippen LogP contribution in [0.4, 0.5) is 0 Å². The van der Waals surface area contributed by atoms with E-state index in [1.54, 1.807) is 6.92 Å². The van der Waals surface area contributed by atoms with Gasteiger partial charge < -0.3 is 179 Å². The van der Waals surface area contributed by atoms with E-state index in [0.717, 1.165) is 0 Å². The molecule has 22 N–H and O–H groups in total. The Morgan fingerprint density at radius 2 is 0.818 bits per heavy atom. The Hall–Kier alpha value is -2.19. The van der Waals surface area contributed by atoms with Crippen molar-refractivity contribution in [3.8, 4) is 0 Å². The topological polar surface area (TPSA) is 591 Å². The number of esters is 1. The lowest BCUT2D eigenvalue weighted by molar-refractivity contribution is -0.400. The van der Waals surface area contributed by atoms with E-state index in [2.05, 4.69) is 13.5 Å². The molecule has 37 nitrogen and oxygen atoms in total. The third-order valence-electron chi connectivity index (χ3n) is 23.3. The number of hydrogen-bond acceptors (Lipinski definition) is 37. The third kappa shape index (κ3) is 14.3. The van der Waals surface area contributed by atoms with Gasteiger partial charge in [-0.2, -0.15) is 0 Å². The van der Waals surface area contributed by atoms with Crippen molar-refractivity contribution in [2.24, 2.45) is 28.1 Å². The molecule has 7 aliphatic heterocycles. The van der Waals surface area contributed by atoms with Gasteiger partial charge in [-0.3, -0.25) is 4.79 Å². The van der Waals surface area contributed by atoms with Gasteiger partial charge in [0.2, 0.25) is 6.29 Å². The monoisotopic (exact) mass is 1440 g/mol. The minimum Gasteiger partial charge on any atom is -0.432 e. The van der Waals surface area contributed by atoms with Crippen molar-refractivity contribution in [1.82, 2.24) is 0 Å². The Kier molecular flexibility index (Phi) is 24.4. The molecule has 37 heteroatoms. The van der Waals surface area contributed by atoms with Gasteiger partial charge in [-0.15, -0.1) is 0 Å². The second kappa shape index (κ2) is 31.0. The number of aliphatic hydroxyl groups is 22. The molecule has 0 radical (unpaired) electrons. The van der Waals surface area contributed by atoms with E-state index in [1.165, 1.54) is 0 Å². The lowest BCUT2D eigenvalue weighted by Gasteiger charge is -2.64. The summed E-state index contributed by atoms with van der Waals surface area (Å²) in [4.78, 5) is 15.6. The summed E-state index contributed by atoms with van der Waals surface area (Å²) in [5, 5.41) is 237. The van der Waals surface area contributed by atoms with Crippen molar-refractivity contribution in [3.63, 3.8) is 0 Å². The Bertz CT molecular complexity index is 2690. The molecule has 35 unspecified atom stereocenters. The van der Waals surface area contributed by atoms with Gasteiger partial charge in [0.15, 0.2) is 43.8 Å². The van der Waals surface area contributed by atoms with Gasteiger partial charge in [-0.1, -0.05) is 19.9 Å². The molecule has 7 heterocycles. The highest BCUT2D eigenvalue weighted by Crippen LogP contribution is 2.74. The van der Waals surface area contributed by atoms with Crippen LogP contribution in [0.3, 0.4) is 0 Å². The van der Waals surface area contributed by atoms with E-state index < -0.39 is 295 Å². The van der Waals surface area contributed by atoms with E-state index in [1.807, 2.05) is 0 Å². The summed E-state index contributed by atoms with van der Waals surface area (Å²) in [5.74, 6) is -1.50. The van der Waals surface area contributed by atoms with E-state index in [4.69, 9.17) is 66.3 Å². The highest BCUT2D eigenvalue weighted by atomic mass is 16.8. The zero-order valence-electron chi connectivity index (χ0n) is 54.5. The number of carbonyl (C=O) groups is 1. The smallest absolute Gasteiger partial charge is 0.314 e. The van der Waals surface area contributed by atoms with Crippen LogP contribution < -0.4 is 0 Å². The molecule has 0 aromatic heterocycles. The summed E-state index contributed by atoms with van der Waals surface area (Å²) in [5.41, 5.74) is -3.36. The highest BCUT2D eigenvalue weighted by Gasteiger charge is 2.70. The van der Waals surface area contributed by atoms with Crippen molar-refractivity contribution in [1.29, 1.82) is 0 Å². The predicted molar refractivity (Wildman–Crippen MR) is 316 cm³/mol. The van der Waals surface area contributed by atoms with Gasteiger partial charge in [-0.25, -0.2) is 0 Å². The molecule has 570 valence electrons. The van der Waals surface area contributed by atoms with Crippen LogP contribution in [0.1, 0.15) is 78.1 Å². The maximum Gasteiger partial charge on any atom is 0.314 e. The molecule has 2 bridgehead atoms. The van der Waals surface area contributed by atoms with Crippen LogP contribution >= 0.6 is 0 Å². The molecule has 40 atom stereocenters. The maximum atomic E-state index is 15.6. The maximum absolute atomic E-state index is 15.6. The van der Waals surface area contributed by atoms with Crippen LogP contribution in [0, 0.1) is 28.1 Å². The van der Waals surface area contributed by atoms with Crippen molar-refractivity contribution in [2.45, 2.75) is 292 Å². The van der Waals surface area contributed by atoms with Crippen LogP contribution in [0.15, 0.2) is 12.2 Å². The molecular weight excluding hydrogens is 1340 g/mol. The quantitative estimate of drug-likeness (QED) is 0.0288. The van der Waals surface area contributed by atoms with Crippen LogP contribution in [0.25, 0.3) is 0 Å². The molecule has 11 rings (SSSR count). The molecule has 99 heavy (non-hydrogen) atoms. The number of rotatable bonds is 21. The Balaban J connectivity index is 0.847. The second-order valence-corrected chi connectivity index (χ2v) is 29.2. The molecule has 0 aromatic rings. The molecule has 0 amide bonds. The fourth-order valence-corrected chi connectivity index (χ4v) is 17.8. The lowest BCUT2D eigenvalue weighted by atomic mass is 9.41. The summed E-state index contributed by atoms with van der Waals surface area (Å²) >= 11 is 0. The fourth-order valence-electron chi connectivity index (χ4n) is 17.8. The Morgan fingerprint density at radius 1 is 0.424 bits per heavy atom. The summed E-state index contributed by atoms with van der Waals surface area (Å²) in [6.45, 7) is 2.40. The number of carbonyl (C=O) groups excluding carboxylic acids is 1. The van der Waals surface area contributed by atoms with Gasteiger partial charge in [0, 0.05) is 6.42 Å². The van der Waals surface area contributed by atoms with Gasteiger partial charge in [0.1, 0.15) is 153 Å². The van der Waals surface area contributed by atoms with E-state index in [-0.39, 0.29) is 25.2 Å². The Morgan fingerprint density at radius 3 is 1.30 bits per heavy atom. The first kappa shape index (κ1) is 77.9. The first-order valence-electron chi connectivity index (χ1n) is 33.8. The fraction of sp³-hybridized carbons (Fsp3) is 0.952. The van der Waals surface area contributed by atoms with Crippen LogP contribution in [-0.2, 0) is 71.1 Å². The van der Waals surface area contributed by atoms with Crippen molar-refractivity contribution in [3.05, 3.63) is 12.2 Å². The van der Waals surface area contributed by atoms with E-state index in [0.29, 0.717) is 44.1 Å². The van der Waals surface area contributed by atoms with Gasteiger partial charge in [-0.05, 0) is 86.5 Å². The minimum atomic E-state index is -2.11. The molecule has 7 saturated heterocycles. The molecule has 11 fully saturated rings. The first-order valence-corrected chi connectivity index (χ1v) is 33.8. The van der Waals surface area contributed by atoms with Gasteiger partial charge in [0.25, 0.3) is 0 Å². The van der Waals surface area contributed by atoms with Crippen molar-refractivity contribution < 1.29 is 183 Å². The van der Waals surface area contributed by atoms with Gasteiger partial charge >= 0.3 is 5.97 Å². The van der Waals surface area contributed by atoms with Gasteiger partial charge in [0.05, 0.1) is 63.4 Å². The largest absolute Gasteiger partial charge is 0.432 e. The zero-order chi connectivity index (χ0) is 71.9. The number of hydrogen-bond donors (Lipinski definition) is 22. The third-order valence-corrected chi connectivity index (χ3v) is 23.3. The summed E-state index contributed by atoms with van der Waals surface area (Å²) in [6, 6.07) is 0. The average Bonchev–Trinajstić information content (AvgIpc) is 1.63. The second-order valence-electron chi connectivity index (χ2n) is 29.2. The van der Waals surface area contributed by atoms with E-state index in [9.17, 15) is 112 Å². The standard InChI is InChI=1S/C62H100O37/c1-21-12-61-9-5-31-59(2,32(61)6-10-62(21,20-61)99-57-50(97-55-46(84)42(80)36(74)27(16-66)90-55)48(38(76)29(18-68)92-57)95-53-44(82)40(78)34(72)25(14-64)88-53)7-4-8-60(31,3)58(85)98-56-49(96-54-45(83)41(79)35(73)26(15-65)89-54)47(37(75)28(17-67)91-56)94-51-23(70)11-22(69)30(93-51)19-86-52-43(81)39(77)33(71)24(13-63)87-52/h22-57,63-84H,1,4-20H2,2-3H3/t22?,23?,24?,25?,26?,27?,28?,29?,30?,31?,32-,33?,34?,35?,36?,37?,38?,39?,40?,41?,42?,43?,44?,45?,46?,47?,48?,49?,50?,51?,52?,53?,54?,55?,56?,57?,59+,60+,61+,62-/m0/s1. The van der Waals surface area contributed by atoms with Crippen LogP contribution in [-0.4, -0.2) is 379 Å². The lowest BCUT2D eigenvalue weighted by Crippen LogP contribution is -2.68. The molecule has 4 aliphatic carbocycles. The normalized spacial score (nSPS) is 54.1. The van der Waals surface area contributed by atoms with Crippen molar-refractivity contribution >= 4 is 5.97 Å². The summed E-state index contributed by atoms with van der Waals surface area (Å²) in [7, 11) is 0. The SMILES string of the molecule is C=C1C[C@@]23CCC4[C@](C)(C(=O)OC5OC(CO)C(O)C(OC6OC(COC7OC(CO)C(O)C(O)C7O)C(O)CC6O)C5OC5OC(CO)C(O)C(O)C5O)CCC[C@@]4(C)[C@@H]2CC[C@]1(OC1OC(CO)C(O)C(OC2OC(CO)C(O)C(O)C2O)C1OC1OC(CO)C(O)C(O)C1O)C3. The Labute approximate surface area is 566 Å². The number of ether oxygens (including phenoxy) is 14. The molecule has 1 spiro atoms. The summed E-state index contributed by atoms with van der Waals surface area (Å²) in [6.07, 6.45) is -58.7. The first-order chi connectivity index (χ1) is 46.9.